The van der Waals surface area contributed by atoms with Crippen molar-refractivity contribution in [1.29, 1.82) is 0 Å². The Labute approximate surface area is 506 Å². The van der Waals surface area contributed by atoms with Crippen LogP contribution in [0.3, 0.4) is 0 Å². The summed E-state index contributed by atoms with van der Waals surface area (Å²) in [4.78, 5) is 38.3. The molecule has 0 bridgehead atoms. The van der Waals surface area contributed by atoms with Crippen LogP contribution < -0.4 is 0 Å². The van der Waals surface area contributed by atoms with Gasteiger partial charge in [0, 0.05) is 19.3 Å². The van der Waals surface area contributed by atoms with Gasteiger partial charge in [-0.3, -0.25) is 14.4 Å². The van der Waals surface area contributed by atoms with Crippen molar-refractivity contribution in [2.75, 3.05) is 13.2 Å². The van der Waals surface area contributed by atoms with Crippen LogP contribution in [-0.2, 0) is 28.6 Å². The van der Waals surface area contributed by atoms with E-state index >= 15 is 0 Å². The molecule has 6 heteroatoms. The lowest BCUT2D eigenvalue weighted by molar-refractivity contribution is -0.167. The van der Waals surface area contributed by atoms with Crippen molar-refractivity contribution in [3.05, 3.63) is 146 Å². The molecule has 0 heterocycles. The average molecular weight is 1130 g/mol. The van der Waals surface area contributed by atoms with E-state index in [2.05, 4.69) is 167 Å². The molecule has 464 valence electrons. The molecule has 1 atom stereocenters. The molecule has 0 aliphatic heterocycles. The fourth-order valence-corrected chi connectivity index (χ4v) is 9.06. The van der Waals surface area contributed by atoms with Crippen LogP contribution in [0, 0.1) is 0 Å². The number of allylic oxidation sites excluding steroid dienone is 24. The van der Waals surface area contributed by atoms with Gasteiger partial charge >= 0.3 is 17.9 Å². The van der Waals surface area contributed by atoms with Gasteiger partial charge in [0.15, 0.2) is 6.10 Å². The highest BCUT2D eigenvalue weighted by Crippen LogP contribution is 2.16. The van der Waals surface area contributed by atoms with Gasteiger partial charge in [-0.05, 0) is 135 Å². The smallest absolute Gasteiger partial charge is 0.306 e. The number of carbonyl (C=O) groups excluding carboxylic acids is 3. The van der Waals surface area contributed by atoms with Crippen molar-refractivity contribution >= 4 is 17.9 Å². The molecule has 0 fully saturated rings. The summed E-state index contributed by atoms with van der Waals surface area (Å²) in [6, 6.07) is 0. The van der Waals surface area contributed by atoms with Crippen molar-refractivity contribution in [1.82, 2.24) is 0 Å². The minimum absolute atomic E-state index is 0.0896. The van der Waals surface area contributed by atoms with E-state index in [1.165, 1.54) is 103 Å². The SMILES string of the molecule is CC/C=C\C/C=C\C/C=C\C/C=C\C/C=C\C/C=C\CCCCCCCCCCCCCCC(=O)OCC(COC(=O)CCCCCCC/C=C\CCC)OC(=O)CCCCCCCCC/C=C\C/C=C\C/C=C\C/C=C\C/C=C\CC. The van der Waals surface area contributed by atoms with E-state index in [0.29, 0.717) is 19.3 Å². The van der Waals surface area contributed by atoms with Gasteiger partial charge in [0.2, 0.25) is 0 Å². The van der Waals surface area contributed by atoms with E-state index < -0.39 is 6.10 Å². The summed E-state index contributed by atoms with van der Waals surface area (Å²) >= 11 is 0. The molecule has 0 aliphatic rings. The van der Waals surface area contributed by atoms with Crippen LogP contribution >= 0.6 is 0 Å². The van der Waals surface area contributed by atoms with Gasteiger partial charge in [0.05, 0.1) is 0 Å². The molecular weight excluding hydrogens is 1010 g/mol. The zero-order valence-corrected chi connectivity index (χ0v) is 53.2. The van der Waals surface area contributed by atoms with Gasteiger partial charge in [0.25, 0.3) is 0 Å². The number of rotatable bonds is 60. The Morgan fingerprint density at radius 2 is 0.476 bits per heavy atom. The molecule has 0 aliphatic carbocycles. The largest absolute Gasteiger partial charge is 0.462 e. The third kappa shape index (κ3) is 66.1. The molecule has 82 heavy (non-hydrogen) atoms. The standard InChI is InChI=1S/C76H124O6/c1-4-7-10-13-16-19-22-24-26-28-30-32-34-35-36-37-38-39-40-41-43-44-46-48-50-52-54-57-60-63-66-69-75(78)81-72-73(71-80-74(77)68-65-62-59-56-21-18-15-12-9-6-3)82-76(79)70-67-64-61-58-55-53-51-49-47-45-42-33-31-29-27-25-23-20-17-14-11-8-5-2/h7-8,10-12,15-17,19-20,24-27,30-33,35-36,38-39,45,47,73H,4-6,9,13-14,18,21-23,28-29,34,37,40-44,46,48-72H2,1-3H3/b10-7-,11-8-,15-12-,19-16-,20-17-,26-24-,27-25-,32-30-,33-31-,36-35-,39-38-,47-45-. The Kier molecular flexibility index (Phi) is 64.8. The third-order valence-corrected chi connectivity index (χ3v) is 14.0. The molecule has 0 spiro atoms. The third-order valence-electron chi connectivity index (χ3n) is 14.0. The Morgan fingerprint density at radius 3 is 0.756 bits per heavy atom. The van der Waals surface area contributed by atoms with Crippen LogP contribution in [0.25, 0.3) is 0 Å². The first-order valence-corrected chi connectivity index (χ1v) is 33.8. The summed E-state index contributed by atoms with van der Waals surface area (Å²) in [6.07, 6.45) is 98.7. The zero-order valence-electron chi connectivity index (χ0n) is 53.2. The maximum Gasteiger partial charge on any atom is 0.306 e. The van der Waals surface area contributed by atoms with Crippen molar-refractivity contribution in [3.63, 3.8) is 0 Å². The van der Waals surface area contributed by atoms with Crippen molar-refractivity contribution in [2.45, 2.75) is 303 Å². The van der Waals surface area contributed by atoms with E-state index in [4.69, 9.17) is 14.2 Å². The molecule has 0 aromatic heterocycles. The second-order valence-corrected chi connectivity index (χ2v) is 22.0. The van der Waals surface area contributed by atoms with Gasteiger partial charge in [0.1, 0.15) is 13.2 Å². The monoisotopic (exact) mass is 1130 g/mol. The highest BCUT2D eigenvalue weighted by atomic mass is 16.6. The van der Waals surface area contributed by atoms with Crippen LogP contribution in [0.4, 0.5) is 0 Å². The summed E-state index contributed by atoms with van der Waals surface area (Å²) in [6.45, 7) is 6.34. The quantitative estimate of drug-likeness (QED) is 0.0261. The van der Waals surface area contributed by atoms with E-state index in [1.54, 1.807) is 0 Å². The van der Waals surface area contributed by atoms with Crippen LogP contribution in [0.2, 0.25) is 0 Å². The lowest BCUT2D eigenvalue weighted by Crippen LogP contribution is -2.30. The van der Waals surface area contributed by atoms with Crippen molar-refractivity contribution in [3.8, 4) is 0 Å². The van der Waals surface area contributed by atoms with E-state index in [1.807, 2.05) is 0 Å². The normalized spacial score (nSPS) is 13.1. The highest BCUT2D eigenvalue weighted by Gasteiger charge is 2.19. The van der Waals surface area contributed by atoms with Crippen LogP contribution in [0.1, 0.15) is 297 Å². The van der Waals surface area contributed by atoms with Gasteiger partial charge < -0.3 is 14.2 Å². The Hall–Kier alpha value is -4.71. The van der Waals surface area contributed by atoms with Gasteiger partial charge in [-0.1, -0.05) is 289 Å². The van der Waals surface area contributed by atoms with Crippen LogP contribution in [-0.4, -0.2) is 37.2 Å². The molecule has 0 radical (unpaired) electrons. The molecule has 0 aromatic carbocycles. The molecule has 0 rings (SSSR count). The maximum atomic E-state index is 12.9. The molecule has 0 saturated heterocycles. The Morgan fingerprint density at radius 1 is 0.256 bits per heavy atom. The zero-order chi connectivity index (χ0) is 59.2. The Bertz CT molecular complexity index is 1780. The molecule has 0 aromatic rings. The van der Waals surface area contributed by atoms with Crippen LogP contribution in [0.15, 0.2) is 146 Å². The number of esters is 3. The van der Waals surface area contributed by atoms with Crippen molar-refractivity contribution in [2.24, 2.45) is 0 Å². The van der Waals surface area contributed by atoms with Gasteiger partial charge in [-0.25, -0.2) is 0 Å². The fraction of sp³-hybridized carbons (Fsp3) is 0.645. The summed E-state index contributed by atoms with van der Waals surface area (Å²) in [5, 5.41) is 0. The lowest BCUT2D eigenvalue weighted by Gasteiger charge is -2.18. The molecular formula is C76H124O6. The average Bonchev–Trinajstić information content (AvgIpc) is 3.47. The number of ether oxygens (including phenoxy) is 3. The van der Waals surface area contributed by atoms with Crippen molar-refractivity contribution < 1.29 is 28.6 Å². The first-order chi connectivity index (χ1) is 40.5. The van der Waals surface area contributed by atoms with E-state index in [-0.39, 0.29) is 31.1 Å². The summed E-state index contributed by atoms with van der Waals surface area (Å²) in [7, 11) is 0. The highest BCUT2D eigenvalue weighted by molar-refractivity contribution is 5.71. The number of carbonyl (C=O) groups is 3. The molecule has 0 saturated carbocycles. The first-order valence-electron chi connectivity index (χ1n) is 33.8. The summed E-state index contributed by atoms with van der Waals surface area (Å²) < 4.78 is 16.9. The van der Waals surface area contributed by atoms with Gasteiger partial charge in [-0.2, -0.15) is 0 Å². The predicted octanol–water partition coefficient (Wildman–Crippen LogP) is 23.5. The number of hydrogen-bond acceptors (Lipinski definition) is 6. The summed E-state index contributed by atoms with van der Waals surface area (Å²) in [5.41, 5.74) is 0. The topological polar surface area (TPSA) is 78.9 Å². The minimum atomic E-state index is -0.794. The maximum absolute atomic E-state index is 12.9. The Balaban J connectivity index is 4.25. The summed E-state index contributed by atoms with van der Waals surface area (Å²) in [5.74, 6) is -0.911. The minimum Gasteiger partial charge on any atom is -0.462 e. The lowest BCUT2D eigenvalue weighted by atomic mass is 10.0. The van der Waals surface area contributed by atoms with E-state index in [9.17, 15) is 14.4 Å². The first kappa shape index (κ1) is 77.3. The number of unbranched alkanes of at least 4 members (excludes halogenated alkanes) is 25. The second kappa shape index (κ2) is 68.8. The van der Waals surface area contributed by atoms with E-state index in [0.717, 1.165) is 154 Å². The number of hydrogen-bond donors (Lipinski definition) is 0. The second-order valence-electron chi connectivity index (χ2n) is 22.0. The van der Waals surface area contributed by atoms with Crippen LogP contribution in [0.5, 0.6) is 0 Å². The van der Waals surface area contributed by atoms with Gasteiger partial charge in [-0.15, -0.1) is 0 Å². The fourth-order valence-electron chi connectivity index (χ4n) is 9.06. The molecule has 1 unspecified atom stereocenters. The molecule has 6 nitrogen and oxygen atoms in total. The molecule has 0 amide bonds. The molecule has 0 N–H and O–H groups in total. The predicted molar refractivity (Wildman–Crippen MR) is 357 cm³/mol.